The van der Waals surface area contributed by atoms with Crippen LogP contribution in [0.4, 0.5) is 0 Å². The second-order valence-corrected chi connectivity index (χ2v) is 6.66. The molecule has 26 heavy (non-hydrogen) atoms. The molecule has 0 unspecified atom stereocenters. The number of halogens is 1. The Balaban J connectivity index is 0.00000338. The van der Waals surface area contributed by atoms with Gasteiger partial charge in [-0.25, -0.2) is 0 Å². The van der Waals surface area contributed by atoms with Crippen molar-refractivity contribution in [3.63, 3.8) is 0 Å². The van der Waals surface area contributed by atoms with E-state index in [0.29, 0.717) is 17.5 Å². The molecule has 1 aliphatic carbocycles. The predicted octanol–water partition coefficient (Wildman–Crippen LogP) is 2.54. The fourth-order valence-electron chi connectivity index (χ4n) is 3.15. The van der Waals surface area contributed by atoms with Crippen molar-refractivity contribution in [2.45, 2.75) is 32.2 Å². The van der Waals surface area contributed by atoms with E-state index in [1.807, 2.05) is 24.3 Å². The topological polar surface area (TPSA) is 74.8 Å². The van der Waals surface area contributed by atoms with Crippen molar-refractivity contribution >= 4 is 35.8 Å². The highest BCUT2D eigenvalue weighted by atomic mass is 127. The number of carbonyl (C=O) groups is 1. The number of nitrogens with one attached hydrogen (secondary N) is 3. The Morgan fingerprint density at radius 3 is 2.65 bits per heavy atom. The molecule has 1 saturated carbocycles. The normalized spacial score (nSPS) is 15.4. The zero-order chi connectivity index (χ0) is 18.1. The SMILES string of the molecule is CN=C(NCc1cccc(C(=O)NC)c1)NCC1(CCOC)CCC1.I. The zero-order valence-corrected chi connectivity index (χ0v) is 18.3. The van der Waals surface area contributed by atoms with Gasteiger partial charge >= 0.3 is 0 Å². The first-order valence-electron chi connectivity index (χ1n) is 8.87. The number of carbonyl (C=O) groups excluding carboxylic acids is 1. The van der Waals surface area contributed by atoms with E-state index in [9.17, 15) is 4.79 Å². The maximum absolute atomic E-state index is 11.7. The number of nitrogens with zero attached hydrogens (tertiary/aromatic N) is 1. The summed E-state index contributed by atoms with van der Waals surface area (Å²) in [7, 11) is 5.17. The van der Waals surface area contributed by atoms with Crippen LogP contribution >= 0.6 is 24.0 Å². The number of guanidine groups is 1. The van der Waals surface area contributed by atoms with Gasteiger partial charge in [-0.2, -0.15) is 0 Å². The molecule has 0 heterocycles. The summed E-state index contributed by atoms with van der Waals surface area (Å²) in [6.07, 6.45) is 4.87. The molecule has 0 radical (unpaired) electrons. The Bertz CT molecular complexity index is 603. The van der Waals surface area contributed by atoms with E-state index in [-0.39, 0.29) is 29.9 Å². The standard InChI is InChI=1S/C19H30N4O2.HI/c1-20-17(24)16-7-4-6-15(12-16)13-22-18(21-2)23-14-19(8-5-9-19)10-11-25-3;/h4,6-7,12H,5,8-11,13-14H2,1-3H3,(H,20,24)(H2,21,22,23);1H. The van der Waals surface area contributed by atoms with E-state index in [0.717, 1.165) is 31.1 Å². The smallest absolute Gasteiger partial charge is 0.251 e. The summed E-state index contributed by atoms with van der Waals surface area (Å²) in [6, 6.07) is 7.60. The molecule has 1 aliphatic rings. The van der Waals surface area contributed by atoms with Crippen LogP contribution in [0.1, 0.15) is 41.6 Å². The highest BCUT2D eigenvalue weighted by Crippen LogP contribution is 2.43. The van der Waals surface area contributed by atoms with Crippen LogP contribution in [0.15, 0.2) is 29.3 Å². The molecular formula is C19H31IN4O2. The van der Waals surface area contributed by atoms with Crippen molar-refractivity contribution in [1.82, 2.24) is 16.0 Å². The van der Waals surface area contributed by atoms with E-state index >= 15 is 0 Å². The fraction of sp³-hybridized carbons (Fsp3) is 0.579. The van der Waals surface area contributed by atoms with E-state index < -0.39 is 0 Å². The van der Waals surface area contributed by atoms with Gasteiger partial charge in [0.05, 0.1) is 0 Å². The summed E-state index contributed by atoms with van der Waals surface area (Å²) in [5, 5.41) is 9.41. The van der Waals surface area contributed by atoms with Gasteiger partial charge in [0.1, 0.15) is 0 Å². The fourth-order valence-corrected chi connectivity index (χ4v) is 3.15. The maximum atomic E-state index is 11.7. The summed E-state index contributed by atoms with van der Waals surface area (Å²) in [6.45, 7) is 2.34. The van der Waals surface area contributed by atoms with Crippen LogP contribution in [0.5, 0.6) is 0 Å². The first-order valence-corrected chi connectivity index (χ1v) is 8.87. The molecule has 1 amide bonds. The minimum absolute atomic E-state index is 0. The Morgan fingerprint density at radius 1 is 1.31 bits per heavy atom. The van der Waals surface area contributed by atoms with E-state index in [1.54, 1.807) is 21.2 Å². The summed E-state index contributed by atoms with van der Waals surface area (Å²) in [5.41, 5.74) is 2.05. The molecule has 0 spiro atoms. The van der Waals surface area contributed by atoms with Gasteiger partial charge in [-0.15, -0.1) is 24.0 Å². The lowest BCUT2D eigenvalue weighted by Crippen LogP contribution is -2.46. The minimum atomic E-state index is -0.0746. The molecular weight excluding hydrogens is 443 g/mol. The summed E-state index contributed by atoms with van der Waals surface area (Å²) in [5.74, 6) is 0.712. The number of hydrogen-bond acceptors (Lipinski definition) is 3. The largest absolute Gasteiger partial charge is 0.385 e. The van der Waals surface area contributed by atoms with Gasteiger partial charge in [-0.05, 0) is 42.4 Å². The molecule has 0 bridgehead atoms. The summed E-state index contributed by atoms with van der Waals surface area (Å²) < 4.78 is 5.25. The highest BCUT2D eigenvalue weighted by Gasteiger charge is 2.36. The molecule has 0 saturated heterocycles. The number of methoxy groups -OCH3 is 1. The average Bonchev–Trinajstić information content (AvgIpc) is 2.62. The molecule has 1 aromatic carbocycles. The second kappa shape index (κ2) is 11.4. The zero-order valence-electron chi connectivity index (χ0n) is 15.9. The molecule has 1 fully saturated rings. The van der Waals surface area contributed by atoms with Crippen molar-refractivity contribution in [2.24, 2.45) is 10.4 Å². The van der Waals surface area contributed by atoms with Gasteiger partial charge in [0, 0.05) is 46.5 Å². The van der Waals surface area contributed by atoms with Crippen LogP contribution in [0.2, 0.25) is 0 Å². The highest BCUT2D eigenvalue weighted by molar-refractivity contribution is 14.0. The van der Waals surface area contributed by atoms with Crippen molar-refractivity contribution in [1.29, 1.82) is 0 Å². The van der Waals surface area contributed by atoms with Crippen LogP contribution in [0, 0.1) is 5.41 Å². The third kappa shape index (κ3) is 6.42. The van der Waals surface area contributed by atoms with Crippen LogP contribution in [-0.4, -0.2) is 46.2 Å². The molecule has 0 aromatic heterocycles. The van der Waals surface area contributed by atoms with Crippen molar-refractivity contribution in [3.05, 3.63) is 35.4 Å². The third-order valence-corrected chi connectivity index (χ3v) is 4.98. The number of hydrogen-bond donors (Lipinski definition) is 3. The number of amides is 1. The van der Waals surface area contributed by atoms with E-state index in [2.05, 4.69) is 20.9 Å². The van der Waals surface area contributed by atoms with Gasteiger partial charge in [-0.3, -0.25) is 9.79 Å². The van der Waals surface area contributed by atoms with Crippen LogP contribution in [-0.2, 0) is 11.3 Å². The van der Waals surface area contributed by atoms with Gasteiger partial charge in [-0.1, -0.05) is 18.6 Å². The lowest BCUT2D eigenvalue weighted by molar-refractivity contribution is 0.0732. The number of aliphatic imine (C=N–C) groups is 1. The molecule has 7 heteroatoms. The number of ether oxygens (including phenoxy) is 1. The van der Waals surface area contributed by atoms with E-state index in [1.165, 1.54) is 19.3 Å². The molecule has 1 aromatic rings. The van der Waals surface area contributed by atoms with Crippen LogP contribution in [0.3, 0.4) is 0 Å². The Labute approximate surface area is 173 Å². The minimum Gasteiger partial charge on any atom is -0.385 e. The second-order valence-electron chi connectivity index (χ2n) is 6.66. The maximum Gasteiger partial charge on any atom is 0.251 e. The van der Waals surface area contributed by atoms with Crippen molar-refractivity contribution in [2.75, 3.05) is 34.4 Å². The van der Waals surface area contributed by atoms with Gasteiger partial charge in [0.25, 0.3) is 5.91 Å². The van der Waals surface area contributed by atoms with Gasteiger partial charge < -0.3 is 20.7 Å². The van der Waals surface area contributed by atoms with Crippen molar-refractivity contribution in [3.8, 4) is 0 Å². The summed E-state index contributed by atoms with van der Waals surface area (Å²) in [4.78, 5) is 16.0. The molecule has 0 atom stereocenters. The predicted molar refractivity (Wildman–Crippen MR) is 116 cm³/mol. The lowest BCUT2D eigenvalue weighted by Gasteiger charge is -2.42. The Hall–Kier alpha value is -1.35. The monoisotopic (exact) mass is 474 g/mol. The Morgan fingerprint density at radius 2 is 2.08 bits per heavy atom. The third-order valence-electron chi connectivity index (χ3n) is 4.98. The lowest BCUT2D eigenvalue weighted by atomic mass is 9.67. The van der Waals surface area contributed by atoms with Gasteiger partial charge in [0.15, 0.2) is 5.96 Å². The van der Waals surface area contributed by atoms with Crippen LogP contribution in [0.25, 0.3) is 0 Å². The van der Waals surface area contributed by atoms with Crippen LogP contribution < -0.4 is 16.0 Å². The molecule has 6 nitrogen and oxygen atoms in total. The number of benzene rings is 1. The molecule has 2 rings (SSSR count). The van der Waals surface area contributed by atoms with Gasteiger partial charge in [0.2, 0.25) is 0 Å². The number of rotatable bonds is 8. The van der Waals surface area contributed by atoms with E-state index in [4.69, 9.17) is 4.74 Å². The Kier molecular flexibility index (Phi) is 9.93. The molecule has 3 N–H and O–H groups in total. The quantitative estimate of drug-likeness (QED) is 0.308. The molecule has 146 valence electrons. The van der Waals surface area contributed by atoms with Crippen molar-refractivity contribution < 1.29 is 9.53 Å². The first kappa shape index (κ1) is 22.7. The average molecular weight is 474 g/mol. The summed E-state index contributed by atoms with van der Waals surface area (Å²) >= 11 is 0. The molecule has 0 aliphatic heterocycles. The first-order chi connectivity index (χ1) is 12.1.